The number of hydrogen-bond donors (Lipinski definition) is 0. The van der Waals surface area contributed by atoms with Crippen LogP contribution in [0.1, 0.15) is 31.1 Å². The lowest BCUT2D eigenvalue weighted by Crippen LogP contribution is -2.08. The second kappa shape index (κ2) is 9.30. The summed E-state index contributed by atoms with van der Waals surface area (Å²) in [4.78, 5) is 0. The maximum atomic E-state index is 6.17. The monoisotopic (exact) mass is 404 g/mol. The third-order valence-electron chi connectivity index (χ3n) is 3.15. The molecule has 0 aliphatic rings. The van der Waals surface area contributed by atoms with E-state index in [0.29, 0.717) is 23.3 Å². The Balaban J connectivity index is 2.40. The summed E-state index contributed by atoms with van der Waals surface area (Å²) in [6, 6.07) is 14.9. The van der Waals surface area contributed by atoms with E-state index in [1.807, 2.05) is 62.4 Å². The molecule has 0 saturated heterocycles. The molecule has 0 radical (unpaired) electrons. The van der Waals surface area contributed by atoms with Gasteiger partial charge in [0.05, 0.1) is 13.2 Å². The van der Waals surface area contributed by atoms with Gasteiger partial charge in [-0.15, -0.1) is 0 Å². The SMILES string of the molecule is CCOP(=S)(OCC)OC(c1ccc(Cl)cc1)c1ccc(Cl)cc1. The van der Waals surface area contributed by atoms with Crippen LogP contribution < -0.4 is 0 Å². The van der Waals surface area contributed by atoms with Crippen molar-refractivity contribution >= 4 is 41.7 Å². The quantitative estimate of drug-likeness (QED) is 0.475. The normalized spacial score (nSPS) is 11.9. The zero-order chi connectivity index (χ0) is 17.6. The molecule has 0 aliphatic carbocycles. The van der Waals surface area contributed by atoms with E-state index in [2.05, 4.69) is 0 Å². The molecule has 0 atom stereocenters. The molecule has 0 aliphatic heterocycles. The Labute approximate surface area is 158 Å². The van der Waals surface area contributed by atoms with E-state index in [0.717, 1.165) is 11.1 Å². The first-order chi connectivity index (χ1) is 11.5. The van der Waals surface area contributed by atoms with Gasteiger partial charge in [0.15, 0.2) is 0 Å². The molecule has 0 heterocycles. The first-order valence-electron chi connectivity index (χ1n) is 7.56. The lowest BCUT2D eigenvalue weighted by molar-refractivity contribution is 0.139. The zero-order valence-corrected chi connectivity index (χ0v) is 16.7. The van der Waals surface area contributed by atoms with Crippen LogP contribution in [0.5, 0.6) is 0 Å². The Hall–Kier alpha value is -0.450. The highest BCUT2D eigenvalue weighted by Crippen LogP contribution is 2.54. The molecule has 0 N–H and O–H groups in total. The summed E-state index contributed by atoms with van der Waals surface area (Å²) in [7, 11) is 0. The van der Waals surface area contributed by atoms with E-state index in [1.54, 1.807) is 0 Å². The Bertz CT molecular complexity index is 636. The Morgan fingerprint density at radius 2 is 1.21 bits per heavy atom. The van der Waals surface area contributed by atoms with Crippen molar-refractivity contribution < 1.29 is 13.6 Å². The van der Waals surface area contributed by atoms with E-state index in [1.165, 1.54) is 0 Å². The van der Waals surface area contributed by atoms with Gasteiger partial charge in [0.1, 0.15) is 6.10 Å². The van der Waals surface area contributed by atoms with Crippen LogP contribution in [0.15, 0.2) is 48.5 Å². The van der Waals surface area contributed by atoms with Gasteiger partial charge in [0, 0.05) is 10.0 Å². The standard InChI is InChI=1S/C17H19Cl2O3PS/c1-3-20-23(24,21-4-2)22-17(13-5-9-15(18)10-6-13)14-7-11-16(19)12-8-14/h5-12,17H,3-4H2,1-2H3. The average Bonchev–Trinajstić information content (AvgIpc) is 2.55. The van der Waals surface area contributed by atoms with E-state index >= 15 is 0 Å². The second-order valence-corrected chi connectivity index (χ2v) is 8.71. The topological polar surface area (TPSA) is 27.7 Å². The smallest absolute Gasteiger partial charge is 0.309 e. The lowest BCUT2D eigenvalue weighted by Gasteiger charge is -2.27. The van der Waals surface area contributed by atoms with Gasteiger partial charge in [0.25, 0.3) is 0 Å². The molecule has 0 fully saturated rings. The Morgan fingerprint density at radius 1 is 0.833 bits per heavy atom. The molecule has 0 spiro atoms. The van der Waals surface area contributed by atoms with Crippen molar-refractivity contribution in [2.45, 2.75) is 20.0 Å². The van der Waals surface area contributed by atoms with Crippen molar-refractivity contribution in [3.63, 3.8) is 0 Å². The molecule has 0 amide bonds. The summed E-state index contributed by atoms with van der Waals surface area (Å²) < 4.78 is 17.4. The summed E-state index contributed by atoms with van der Waals surface area (Å²) in [5.74, 6) is 0. The van der Waals surface area contributed by atoms with Crippen molar-refractivity contribution in [3.8, 4) is 0 Å². The summed E-state index contributed by atoms with van der Waals surface area (Å²) in [5.41, 5.74) is 1.82. The molecule has 2 aromatic rings. The molecule has 0 saturated carbocycles. The summed E-state index contributed by atoms with van der Waals surface area (Å²) >= 11 is 17.5. The summed E-state index contributed by atoms with van der Waals surface area (Å²) in [6.45, 7) is 1.71. The third kappa shape index (κ3) is 5.53. The predicted molar refractivity (Wildman–Crippen MR) is 103 cm³/mol. The predicted octanol–water partition coefficient (Wildman–Crippen LogP) is 6.40. The molecule has 3 nitrogen and oxygen atoms in total. The van der Waals surface area contributed by atoms with Crippen LogP contribution >= 0.6 is 29.9 Å². The van der Waals surface area contributed by atoms with Gasteiger partial charge in [-0.1, -0.05) is 47.5 Å². The molecule has 0 aromatic heterocycles. The molecule has 24 heavy (non-hydrogen) atoms. The van der Waals surface area contributed by atoms with E-state index in [-0.39, 0.29) is 0 Å². The number of hydrogen-bond acceptors (Lipinski definition) is 4. The van der Waals surface area contributed by atoms with Crippen molar-refractivity contribution in [2.75, 3.05) is 13.2 Å². The van der Waals surface area contributed by atoms with Crippen LogP contribution in [-0.2, 0) is 25.4 Å². The van der Waals surface area contributed by atoms with Gasteiger partial charge in [-0.3, -0.25) is 4.52 Å². The second-order valence-electron chi connectivity index (χ2n) is 4.87. The fourth-order valence-electron chi connectivity index (χ4n) is 2.13. The summed E-state index contributed by atoms with van der Waals surface area (Å²) in [5, 5.41) is 1.31. The maximum Gasteiger partial charge on any atom is 0.328 e. The van der Waals surface area contributed by atoms with Crippen LogP contribution in [-0.4, -0.2) is 13.2 Å². The van der Waals surface area contributed by atoms with Crippen LogP contribution in [0.4, 0.5) is 0 Å². The third-order valence-corrected chi connectivity index (χ3v) is 6.17. The van der Waals surface area contributed by atoms with Crippen LogP contribution in [0.3, 0.4) is 0 Å². The van der Waals surface area contributed by atoms with Gasteiger partial charge < -0.3 is 9.05 Å². The highest BCUT2D eigenvalue weighted by Gasteiger charge is 2.27. The van der Waals surface area contributed by atoms with Gasteiger partial charge in [-0.05, 0) is 61.0 Å². The average molecular weight is 405 g/mol. The molecule has 7 heteroatoms. The molecule has 2 aromatic carbocycles. The molecule has 0 bridgehead atoms. The van der Waals surface area contributed by atoms with Crippen molar-refractivity contribution in [1.29, 1.82) is 0 Å². The van der Waals surface area contributed by atoms with Crippen molar-refractivity contribution in [3.05, 3.63) is 69.7 Å². The fraction of sp³-hybridized carbons (Fsp3) is 0.294. The van der Waals surface area contributed by atoms with E-state index < -0.39 is 12.8 Å². The Kier molecular flexibility index (Phi) is 7.70. The highest BCUT2D eigenvalue weighted by atomic mass is 35.5. The zero-order valence-electron chi connectivity index (χ0n) is 13.4. The van der Waals surface area contributed by atoms with E-state index in [4.69, 9.17) is 48.6 Å². The summed E-state index contributed by atoms with van der Waals surface area (Å²) in [6.07, 6.45) is -0.427. The van der Waals surface area contributed by atoms with Gasteiger partial charge in [-0.25, -0.2) is 0 Å². The highest BCUT2D eigenvalue weighted by molar-refractivity contribution is 8.07. The minimum Gasteiger partial charge on any atom is -0.309 e. The van der Waals surface area contributed by atoms with Gasteiger partial charge in [-0.2, -0.15) is 0 Å². The van der Waals surface area contributed by atoms with Crippen molar-refractivity contribution in [1.82, 2.24) is 0 Å². The van der Waals surface area contributed by atoms with Crippen LogP contribution in [0.25, 0.3) is 0 Å². The number of rotatable bonds is 8. The largest absolute Gasteiger partial charge is 0.328 e. The number of halogens is 2. The van der Waals surface area contributed by atoms with Gasteiger partial charge >= 0.3 is 6.72 Å². The first kappa shape index (κ1) is 19.9. The maximum absolute atomic E-state index is 6.17. The molecular formula is C17H19Cl2O3PS. The lowest BCUT2D eigenvalue weighted by atomic mass is 10.0. The minimum absolute atomic E-state index is 0.422. The van der Waals surface area contributed by atoms with Crippen LogP contribution in [0, 0.1) is 0 Å². The van der Waals surface area contributed by atoms with Gasteiger partial charge in [0.2, 0.25) is 0 Å². The molecular weight excluding hydrogens is 386 g/mol. The molecule has 130 valence electrons. The fourth-order valence-corrected chi connectivity index (χ4v) is 4.61. The van der Waals surface area contributed by atoms with Crippen molar-refractivity contribution in [2.24, 2.45) is 0 Å². The molecule has 0 unspecified atom stereocenters. The van der Waals surface area contributed by atoms with E-state index in [9.17, 15) is 0 Å². The van der Waals surface area contributed by atoms with Crippen LogP contribution in [0.2, 0.25) is 10.0 Å². The first-order valence-corrected chi connectivity index (χ1v) is 10.9. The minimum atomic E-state index is -2.86. The Morgan fingerprint density at radius 3 is 1.54 bits per heavy atom. The molecule has 2 rings (SSSR count). The number of benzene rings is 2.